The molecule has 28 heavy (non-hydrogen) atoms. The first-order valence-electron chi connectivity index (χ1n) is 8.79. The standard InChI is InChI=1S/C20H21BrN4O3/c1-4-28-18-10-15(9-17(21)19(18)27-3)20(26)24-13(2)14-5-7-16(8-6-14)25-12-22-11-23-25/h5-13H,4H2,1-3H3,(H,24,26)/t13-/m0/s1. The second-order valence-corrected chi connectivity index (χ2v) is 6.90. The summed E-state index contributed by atoms with van der Waals surface area (Å²) in [5.41, 5.74) is 2.37. The third-order valence-corrected chi connectivity index (χ3v) is 4.79. The van der Waals surface area contributed by atoms with E-state index in [-0.39, 0.29) is 11.9 Å². The third-order valence-electron chi connectivity index (χ3n) is 4.20. The summed E-state index contributed by atoms with van der Waals surface area (Å²) in [6, 6.07) is 11.0. The Balaban J connectivity index is 1.75. The number of nitrogens with zero attached hydrogens (tertiary/aromatic N) is 3. The van der Waals surface area contributed by atoms with E-state index in [1.54, 1.807) is 30.3 Å². The topological polar surface area (TPSA) is 78.3 Å². The molecule has 0 unspecified atom stereocenters. The molecule has 1 atom stereocenters. The minimum absolute atomic E-state index is 0.172. The van der Waals surface area contributed by atoms with Gasteiger partial charge in [-0.05, 0) is 59.6 Å². The molecule has 7 nitrogen and oxygen atoms in total. The van der Waals surface area contributed by atoms with Crippen LogP contribution in [0.15, 0.2) is 53.5 Å². The number of amides is 1. The molecule has 1 aromatic heterocycles. The molecule has 0 radical (unpaired) electrons. The number of methoxy groups -OCH3 is 1. The number of ether oxygens (including phenoxy) is 2. The lowest BCUT2D eigenvalue weighted by Gasteiger charge is -2.17. The molecule has 0 saturated heterocycles. The predicted octanol–water partition coefficient (Wildman–Crippen LogP) is 3.93. The highest BCUT2D eigenvalue weighted by Crippen LogP contribution is 2.36. The molecule has 0 saturated carbocycles. The first kappa shape index (κ1) is 19.9. The van der Waals surface area contributed by atoms with E-state index in [0.717, 1.165) is 11.3 Å². The molecule has 0 fully saturated rings. The number of hydrogen-bond acceptors (Lipinski definition) is 5. The van der Waals surface area contributed by atoms with Crippen LogP contribution in [0.4, 0.5) is 0 Å². The third kappa shape index (κ3) is 4.33. The quantitative estimate of drug-likeness (QED) is 0.597. The molecular weight excluding hydrogens is 424 g/mol. The number of carbonyl (C=O) groups excluding carboxylic acids is 1. The van der Waals surface area contributed by atoms with Gasteiger partial charge in [-0.2, -0.15) is 5.10 Å². The fourth-order valence-corrected chi connectivity index (χ4v) is 3.38. The zero-order valence-electron chi connectivity index (χ0n) is 15.8. The molecule has 2 aromatic carbocycles. The van der Waals surface area contributed by atoms with Gasteiger partial charge in [-0.3, -0.25) is 4.79 Å². The van der Waals surface area contributed by atoms with Gasteiger partial charge in [0.2, 0.25) is 0 Å². The van der Waals surface area contributed by atoms with Crippen molar-refractivity contribution >= 4 is 21.8 Å². The second kappa shape index (κ2) is 8.88. The number of nitrogens with one attached hydrogen (secondary N) is 1. The van der Waals surface area contributed by atoms with E-state index in [0.29, 0.717) is 28.1 Å². The van der Waals surface area contributed by atoms with Gasteiger partial charge in [-0.25, -0.2) is 9.67 Å². The Kier molecular flexibility index (Phi) is 6.30. The summed E-state index contributed by atoms with van der Waals surface area (Å²) in [6.45, 7) is 4.29. The Morgan fingerprint density at radius 1 is 1.29 bits per heavy atom. The Bertz CT molecular complexity index is 943. The van der Waals surface area contributed by atoms with Gasteiger partial charge in [0.15, 0.2) is 11.5 Å². The number of aromatic nitrogens is 3. The number of halogens is 1. The Hall–Kier alpha value is -2.87. The molecule has 0 spiro atoms. The molecule has 8 heteroatoms. The monoisotopic (exact) mass is 444 g/mol. The van der Waals surface area contributed by atoms with Crippen LogP contribution in [-0.4, -0.2) is 34.4 Å². The van der Waals surface area contributed by atoms with E-state index in [1.165, 1.54) is 6.33 Å². The maximum atomic E-state index is 12.7. The summed E-state index contributed by atoms with van der Waals surface area (Å²) in [6.07, 6.45) is 3.12. The van der Waals surface area contributed by atoms with Gasteiger partial charge in [0.1, 0.15) is 12.7 Å². The predicted molar refractivity (Wildman–Crippen MR) is 109 cm³/mol. The molecule has 1 heterocycles. The Labute approximate surface area is 171 Å². The molecule has 1 N–H and O–H groups in total. The molecule has 3 rings (SSSR count). The van der Waals surface area contributed by atoms with Crippen molar-refractivity contribution in [2.75, 3.05) is 13.7 Å². The normalized spacial score (nSPS) is 11.7. The molecule has 3 aromatic rings. The van der Waals surface area contributed by atoms with Gasteiger partial charge >= 0.3 is 0 Å². The van der Waals surface area contributed by atoms with Crippen molar-refractivity contribution in [1.29, 1.82) is 0 Å². The lowest BCUT2D eigenvalue weighted by molar-refractivity contribution is 0.0939. The van der Waals surface area contributed by atoms with Crippen molar-refractivity contribution < 1.29 is 14.3 Å². The summed E-state index contributed by atoms with van der Waals surface area (Å²) >= 11 is 3.44. The summed E-state index contributed by atoms with van der Waals surface area (Å²) in [4.78, 5) is 16.7. The average Bonchev–Trinajstić information content (AvgIpc) is 3.23. The Morgan fingerprint density at radius 2 is 2.04 bits per heavy atom. The minimum Gasteiger partial charge on any atom is -0.492 e. The van der Waals surface area contributed by atoms with E-state index in [1.807, 2.05) is 38.1 Å². The lowest BCUT2D eigenvalue weighted by atomic mass is 10.1. The Morgan fingerprint density at radius 3 is 2.64 bits per heavy atom. The summed E-state index contributed by atoms with van der Waals surface area (Å²) in [7, 11) is 1.56. The largest absolute Gasteiger partial charge is 0.492 e. The minimum atomic E-state index is -0.197. The first-order valence-corrected chi connectivity index (χ1v) is 9.59. The number of carbonyl (C=O) groups is 1. The van der Waals surface area contributed by atoms with Crippen LogP contribution in [0, 0.1) is 0 Å². The van der Waals surface area contributed by atoms with Crippen LogP contribution in [0.2, 0.25) is 0 Å². The van der Waals surface area contributed by atoms with Crippen LogP contribution in [0.1, 0.15) is 35.8 Å². The van der Waals surface area contributed by atoms with Crippen LogP contribution in [0.3, 0.4) is 0 Å². The van der Waals surface area contributed by atoms with E-state index in [4.69, 9.17) is 9.47 Å². The number of benzene rings is 2. The van der Waals surface area contributed by atoms with Crippen LogP contribution in [0.25, 0.3) is 5.69 Å². The maximum absolute atomic E-state index is 12.7. The van der Waals surface area contributed by atoms with Crippen LogP contribution < -0.4 is 14.8 Å². The molecule has 146 valence electrons. The number of hydrogen-bond donors (Lipinski definition) is 1. The van der Waals surface area contributed by atoms with Crippen molar-refractivity contribution in [3.63, 3.8) is 0 Å². The fourth-order valence-electron chi connectivity index (χ4n) is 2.78. The molecule has 0 aliphatic heterocycles. The van der Waals surface area contributed by atoms with Crippen LogP contribution in [-0.2, 0) is 0 Å². The van der Waals surface area contributed by atoms with Gasteiger partial charge in [0.25, 0.3) is 5.91 Å². The summed E-state index contributed by atoms with van der Waals surface area (Å²) in [5.74, 6) is 0.890. The van der Waals surface area contributed by atoms with Crippen molar-refractivity contribution in [3.05, 3.63) is 64.7 Å². The van der Waals surface area contributed by atoms with Gasteiger partial charge in [-0.1, -0.05) is 12.1 Å². The molecule has 1 amide bonds. The lowest BCUT2D eigenvalue weighted by Crippen LogP contribution is -2.26. The van der Waals surface area contributed by atoms with Crippen molar-refractivity contribution in [2.45, 2.75) is 19.9 Å². The zero-order chi connectivity index (χ0) is 20.1. The van der Waals surface area contributed by atoms with E-state index < -0.39 is 0 Å². The fraction of sp³-hybridized carbons (Fsp3) is 0.250. The molecule has 0 bridgehead atoms. The van der Waals surface area contributed by atoms with Crippen LogP contribution in [0.5, 0.6) is 11.5 Å². The first-order chi connectivity index (χ1) is 13.5. The highest BCUT2D eigenvalue weighted by Gasteiger charge is 2.17. The van der Waals surface area contributed by atoms with Gasteiger partial charge in [0, 0.05) is 5.56 Å². The highest BCUT2D eigenvalue weighted by molar-refractivity contribution is 9.10. The van der Waals surface area contributed by atoms with Gasteiger partial charge in [0.05, 0.1) is 29.9 Å². The van der Waals surface area contributed by atoms with Crippen molar-refractivity contribution in [3.8, 4) is 17.2 Å². The van der Waals surface area contributed by atoms with Crippen molar-refractivity contribution in [1.82, 2.24) is 20.1 Å². The average molecular weight is 445 g/mol. The smallest absolute Gasteiger partial charge is 0.251 e. The maximum Gasteiger partial charge on any atom is 0.251 e. The van der Waals surface area contributed by atoms with Gasteiger partial charge in [-0.15, -0.1) is 0 Å². The molecule has 0 aliphatic carbocycles. The van der Waals surface area contributed by atoms with Crippen molar-refractivity contribution in [2.24, 2.45) is 0 Å². The zero-order valence-corrected chi connectivity index (χ0v) is 17.4. The molecule has 0 aliphatic rings. The van der Waals surface area contributed by atoms with Gasteiger partial charge < -0.3 is 14.8 Å². The summed E-state index contributed by atoms with van der Waals surface area (Å²) in [5, 5.41) is 7.11. The number of rotatable bonds is 7. The van der Waals surface area contributed by atoms with Crippen LogP contribution >= 0.6 is 15.9 Å². The molecular formula is C20H21BrN4O3. The summed E-state index contributed by atoms with van der Waals surface area (Å²) < 4.78 is 13.3. The second-order valence-electron chi connectivity index (χ2n) is 6.05. The highest BCUT2D eigenvalue weighted by atomic mass is 79.9. The van der Waals surface area contributed by atoms with E-state index >= 15 is 0 Å². The van der Waals surface area contributed by atoms with E-state index in [2.05, 4.69) is 31.3 Å². The SMILES string of the molecule is CCOc1cc(C(=O)N[C@@H](C)c2ccc(-n3cncn3)cc2)cc(Br)c1OC. The van der Waals surface area contributed by atoms with E-state index in [9.17, 15) is 4.79 Å².